The van der Waals surface area contributed by atoms with Gasteiger partial charge in [-0.25, -0.2) is 4.79 Å². The van der Waals surface area contributed by atoms with E-state index in [9.17, 15) is 31.1 Å². The van der Waals surface area contributed by atoms with Gasteiger partial charge < -0.3 is 4.74 Å². The average Bonchev–Trinajstić information content (AvgIpc) is 1.82. The van der Waals surface area contributed by atoms with Crippen molar-refractivity contribution in [3.8, 4) is 0 Å². The summed E-state index contributed by atoms with van der Waals surface area (Å²) in [7, 11) is 0. The SMILES string of the molecule is CC(OC(=O)C(F)(F)F)C(F)(F)F. The summed E-state index contributed by atoms with van der Waals surface area (Å²) in [6.45, 7) is 0.309. The first kappa shape index (κ1) is 12.0. The molecule has 0 aliphatic heterocycles. The number of ether oxygens (including phenoxy) is 1. The van der Waals surface area contributed by atoms with Crippen LogP contribution < -0.4 is 0 Å². The second-order valence-corrected chi connectivity index (χ2v) is 2.09. The molecular formula is C5H4F6O2. The van der Waals surface area contributed by atoms with Gasteiger partial charge in [-0.15, -0.1) is 0 Å². The Balaban J connectivity index is 4.24. The zero-order chi connectivity index (χ0) is 10.9. The van der Waals surface area contributed by atoms with Crippen LogP contribution in [0.5, 0.6) is 0 Å². The summed E-state index contributed by atoms with van der Waals surface area (Å²) in [6.07, 6.45) is -13.2. The summed E-state index contributed by atoms with van der Waals surface area (Å²) in [6, 6.07) is 0. The van der Waals surface area contributed by atoms with Crippen molar-refractivity contribution < 1.29 is 35.9 Å². The van der Waals surface area contributed by atoms with E-state index in [-0.39, 0.29) is 0 Å². The van der Waals surface area contributed by atoms with Gasteiger partial charge in [0.15, 0.2) is 6.10 Å². The zero-order valence-electron chi connectivity index (χ0n) is 6.16. The van der Waals surface area contributed by atoms with Crippen LogP contribution in [0.1, 0.15) is 6.92 Å². The van der Waals surface area contributed by atoms with Gasteiger partial charge in [-0.1, -0.05) is 0 Å². The lowest BCUT2D eigenvalue weighted by molar-refractivity contribution is -0.241. The number of esters is 1. The van der Waals surface area contributed by atoms with Crippen molar-refractivity contribution in [1.82, 2.24) is 0 Å². The van der Waals surface area contributed by atoms with Crippen molar-refractivity contribution in [3.05, 3.63) is 0 Å². The monoisotopic (exact) mass is 210 g/mol. The third kappa shape index (κ3) is 4.00. The van der Waals surface area contributed by atoms with Crippen LogP contribution in [0, 0.1) is 0 Å². The number of halogens is 6. The van der Waals surface area contributed by atoms with Gasteiger partial charge >= 0.3 is 18.3 Å². The molecule has 0 rings (SSSR count). The maximum atomic E-state index is 11.6. The van der Waals surface area contributed by atoms with E-state index in [1.54, 1.807) is 0 Å². The van der Waals surface area contributed by atoms with Crippen molar-refractivity contribution in [2.24, 2.45) is 0 Å². The standard InChI is InChI=1S/C5H4F6O2/c1-2(4(6,7)8)13-3(12)5(9,10)11/h2H,1H3. The summed E-state index contributed by atoms with van der Waals surface area (Å²) in [4.78, 5) is 9.87. The highest BCUT2D eigenvalue weighted by Gasteiger charge is 2.47. The van der Waals surface area contributed by atoms with Gasteiger partial charge in [0.25, 0.3) is 0 Å². The number of carbonyl (C=O) groups excluding carboxylic acids is 1. The fourth-order valence-corrected chi connectivity index (χ4v) is 0.294. The maximum absolute atomic E-state index is 11.6. The van der Waals surface area contributed by atoms with E-state index in [0.29, 0.717) is 6.92 Å². The average molecular weight is 210 g/mol. The van der Waals surface area contributed by atoms with E-state index in [1.165, 1.54) is 0 Å². The first-order valence-corrected chi connectivity index (χ1v) is 2.89. The Morgan fingerprint density at radius 2 is 1.54 bits per heavy atom. The van der Waals surface area contributed by atoms with Crippen LogP contribution in [0.2, 0.25) is 0 Å². The molecule has 0 bridgehead atoms. The Kier molecular flexibility index (Phi) is 3.18. The molecule has 0 saturated heterocycles. The fourth-order valence-electron chi connectivity index (χ4n) is 0.294. The van der Waals surface area contributed by atoms with E-state index < -0.39 is 24.4 Å². The summed E-state index contributed by atoms with van der Waals surface area (Å²) in [5, 5.41) is 0. The number of hydrogen-bond acceptors (Lipinski definition) is 2. The number of hydrogen-bond donors (Lipinski definition) is 0. The summed E-state index contributed by atoms with van der Waals surface area (Å²) in [5.74, 6) is -2.85. The van der Waals surface area contributed by atoms with Crippen molar-refractivity contribution in [1.29, 1.82) is 0 Å². The molecule has 1 atom stereocenters. The van der Waals surface area contributed by atoms with E-state index in [4.69, 9.17) is 0 Å². The highest BCUT2D eigenvalue weighted by Crippen LogP contribution is 2.25. The highest BCUT2D eigenvalue weighted by molar-refractivity contribution is 5.75. The molecule has 0 aliphatic rings. The van der Waals surface area contributed by atoms with Crippen LogP contribution >= 0.6 is 0 Å². The summed E-state index contributed by atoms with van der Waals surface area (Å²) < 4.78 is 71.8. The van der Waals surface area contributed by atoms with E-state index in [2.05, 4.69) is 4.74 Å². The molecule has 0 amide bonds. The van der Waals surface area contributed by atoms with Gasteiger partial charge in [-0.05, 0) is 6.92 Å². The molecule has 0 aliphatic carbocycles. The van der Waals surface area contributed by atoms with E-state index in [0.717, 1.165) is 0 Å². The Morgan fingerprint density at radius 3 is 1.77 bits per heavy atom. The maximum Gasteiger partial charge on any atom is 0.490 e. The Hall–Kier alpha value is -0.950. The van der Waals surface area contributed by atoms with Crippen LogP contribution in [0.3, 0.4) is 0 Å². The van der Waals surface area contributed by atoms with Gasteiger partial charge in [0, 0.05) is 0 Å². The van der Waals surface area contributed by atoms with Gasteiger partial charge in [0.2, 0.25) is 0 Å². The quantitative estimate of drug-likeness (QED) is 0.489. The van der Waals surface area contributed by atoms with Crippen molar-refractivity contribution in [3.63, 3.8) is 0 Å². The van der Waals surface area contributed by atoms with Crippen molar-refractivity contribution in [2.75, 3.05) is 0 Å². The number of rotatable bonds is 1. The normalized spacial score (nSPS) is 15.3. The lowest BCUT2D eigenvalue weighted by atomic mass is 10.4. The second-order valence-electron chi connectivity index (χ2n) is 2.09. The first-order chi connectivity index (χ1) is 5.55. The fraction of sp³-hybridized carbons (Fsp3) is 0.800. The Morgan fingerprint density at radius 1 is 1.15 bits per heavy atom. The van der Waals surface area contributed by atoms with Crippen LogP contribution in [0.4, 0.5) is 26.3 Å². The van der Waals surface area contributed by atoms with E-state index >= 15 is 0 Å². The molecule has 0 radical (unpaired) electrons. The topological polar surface area (TPSA) is 26.3 Å². The van der Waals surface area contributed by atoms with E-state index in [1.807, 2.05) is 0 Å². The Bertz CT molecular complexity index is 192. The van der Waals surface area contributed by atoms with Crippen LogP contribution in [0.15, 0.2) is 0 Å². The molecule has 1 unspecified atom stereocenters. The van der Waals surface area contributed by atoms with Crippen LogP contribution in [-0.4, -0.2) is 24.4 Å². The van der Waals surface area contributed by atoms with Crippen LogP contribution in [-0.2, 0) is 9.53 Å². The predicted octanol–water partition coefficient (Wildman–Crippen LogP) is 2.04. The molecule has 0 aromatic heterocycles. The second kappa shape index (κ2) is 3.43. The lowest BCUT2D eigenvalue weighted by Gasteiger charge is -2.16. The van der Waals surface area contributed by atoms with Gasteiger partial charge in [-0.3, -0.25) is 0 Å². The molecule has 0 aromatic rings. The summed E-state index contributed by atoms with van der Waals surface area (Å²) >= 11 is 0. The third-order valence-electron chi connectivity index (χ3n) is 0.976. The number of carbonyl (C=O) groups is 1. The highest BCUT2D eigenvalue weighted by atomic mass is 19.4. The molecule has 78 valence electrons. The minimum absolute atomic E-state index is 0.309. The molecule has 0 heterocycles. The third-order valence-corrected chi connectivity index (χ3v) is 0.976. The molecule has 0 N–H and O–H groups in total. The zero-order valence-corrected chi connectivity index (χ0v) is 6.16. The molecule has 0 fully saturated rings. The smallest absolute Gasteiger partial charge is 0.446 e. The van der Waals surface area contributed by atoms with Gasteiger partial charge in [0.1, 0.15) is 0 Å². The number of alkyl halides is 6. The predicted molar refractivity (Wildman–Crippen MR) is 27.7 cm³/mol. The molecule has 0 aromatic carbocycles. The van der Waals surface area contributed by atoms with Gasteiger partial charge in [-0.2, -0.15) is 26.3 Å². The molecule has 8 heteroatoms. The molecule has 2 nitrogen and oxygen atoms in total. The lowest BCUT2D eigenvalue weighted by Crippen LogP contribution is -2.36. The molecular weight excluding hydrogens is 206 g/mol. The van der Waals surface area contributed by atoms with Crippen molar-refractivity contribution in [2.45, 2.75) is 25.4 Å². The molecule has 0 saturated carbocycles. The van der Waals surface area contributed by atoms with Crippen LogP contribution in [0.25, 0.3) is 0 Å². The van der Waals surface area contributed by atoms with Crippen molar-refractivity contribution >= 4 is 5.97 Å². The van der Waals surface area contributed by atoms with Gasteiger partial charge in [0.05, 0.1) is 0 Å². The molecule has 0 spiro atoms. The first-order valence-electron chi connectivity index (χ1n) is 2.89. The molecule has 13 heavy (non-hydrogen) atoms. The minimum Gasteiger partial charge on any atom is -0.446 e. The largest absolute Gasteiger partial charge is 0.490 e. The summed E-state index contributed by atoms with van der Waals surface area (Å²) in [5.41, 5.74) is 0. The minimum atomic E-state index is -5.40. The Labute approximate surface area is 68.5 Å².